The number of methoxy groups -OCH3 is 1. The van der Waals surface area contributed by atoms with Gasteiger partial charge in [0, 0.05) is 11.0 Å². The SMILES string of the molecule is CCN(CC(=O)OC)C(=O)c1cc(Br)ccc1Cl. The van der Waals surface area contributed by atoms with E-state index in [0.717, 1.165) is 4.47 Å². The maximum Gasteiger partial charge on any atom is 0.325 e. The summed E-state index contributed by atoms with van der Waals surface area (Å²) in [6.45, 7) is 2.10. The Morgan fingerprint density at radius 3 is 2.67 bits per heavy atom. The number of rotatable bonds is 4. The fourth-order valence-corrected chi connectivity index (χ4v) is 1.94. The molecular formula is C12H13BrClNO3. The van der Waals surface area contributed by atoms with E-state index in [4.69, 9.17) is 11.6 Å². The summed E-state index contributed by atoms with van der Waals surface area (Å²) in [7, 11) is 1.28. The average Bonchev–Trinajstić information content (AvgIpc) is 2.37. The van der Waals surface area contributed by atoms with Crippen molar-refractivity contribution in [3.8, 4) is 0 Å². The van der Waals surface area contributed by atoms with Crippen LogP contribution >= 0.6 is 27.5 Å². The summed E-state index contributed by atoms with van der Waals surface area (Å²) in [5.74, 6) is -0.759. The highest BCUT2D eigenvalue weighted by molar-refractivity contribution is 9.10. The van der Waals surface area contributed by atoms with Crippen LogP contribution in [-0.2, 0) is 9.53 Å². The lowest BCUT2D eigenvalue weighted by Crippen LogP contribution is -2.36. The minimum atomic E-state index is -0.462. The van der Waals surface area contributed by atoms with Crippen LogP contribution in [0.3, 0.4) is 0 Å². The fourth-order valence-electron chi connectivity index (χ4n) is 1.38. The largest absolute Gasteiger partial charge is 0.468 e. The van der Waals surface area contributed by atoms with Gasteiger partial charge in [-0.2, -0.15) is 0 Å². The van der Waals surface area contributed by atoms with E-state index in [1.807, 2.05) is 0 Å². The zero-order valence-corrected chi connectivity index (χ0v) is 12.4. The predicted octanol–water partition coefficient (Wildman–Crippen LogP) is 2.74. The van der Waals surface area contributed by atoms with Gasteiger partial charge in [0.25, 0.3) is 5.91 Å². The lowest BCUT2D eigenvalue weighted by atomic mass is 10.2. The fraction of sp³-hybridized carbons (Fsp3) is 0.333. The number of carbonyl (C=O) groups is 2. The molecule has 0 fully saturated rings. The van der Waals surface area contributed by atoms with E-state index in [-0.39, 0.29) is 12.5 Å². The zero-order valence-electron chi connectivity index (χ0n) is 10.1. The second-order valence-electron chi connectivity index (χ2n) is 3.52. The van der Waals surface area contributed by atoms with Crippen LogP contribution in [0.5, 0.6) is 0 Å². The second-order valence-corrected chi connectivity index (χ2v) is 4.84. The van der Waals surface area contributed by atoms with Gasteiger partial charge in [-0.1, -0.05) is 27.5 Å². The smallest absolute Gasteiger partial charge is 0.325 e. The van der Waals surface area contributed by atoms with Gasteiger partial charge in [0.1, 0.15) is 6.54 Å². The molecule has 0 aliphatic heterocycles. The number of nitrogens with zero attached hydrogens (tertiary/aromatic N) is 1. The van der Waals surface area contributed by atoms with Crippen LogP contribution in [0.15, 0.2) is 22.7 Å². The van der Waals surface area contributed by atoms with Crippen molar-refractivity contribution >= 4 is 39.4 Å². The molecule has 0 saturated heterocycles. The van der Waals surface area contributed by atoms with E-state index >= 15 is 0 Å². The maximum atomic E-state index is 12.2. The van der Waals surface area contributed by atoms with Gasteiger partial charge in [-0.3, -0.25) is 9.59 Å². The molecule has 0 bridgehead atoms. The summed E-state index contributed by atoms with van der Waals surface area (Å²) < 4.78 is 5.30. The van der Waals surface area contributed by atoms with Gasteiger partial charge in [-0.25, -0.2) is 0 Å². The molecule has 1 rings (SSSR count). The first-order chi connectivity index (χ1) is 8.49. The molecule has 18 heavy (non-hydrogen) atoms. The Bertz CT molecular complexity index is 465. The van der Waals surface area contributed by atoms with Crippen LogP contribution in [0.4, 0.5) is 0 Å². The third-order valence-corrected chi connectivity index (χ3v) is 3.20. The Balaban J connectivity index is 2.96. The Morgan fingerprint density at radius 2 is 2.11 bits per heavy atom. The molecule has 0 atom stereocenters. The lowest BCUT2D eigenvalue weighted by Gasteiger charge is -2.20. The average molecular weight is 335 g/mol. The topological polar surface area (TPSA) is 46.6 Å². The highest BCUT2D eigenvalue weighted by Gasteiger charge is 2.20. The van der Waals surface area contributed by atoms with Gasteiger partial charge >= 0.3 is 5.97 Å². The lowest BCUT2D eigenvalue weighted by molar-refractivity contribution is -0.141. The first-order valence-corrected chi connectivity index (χ1v) is 6.47. The molecule has 0 spiro atoms. The quantitative estimate of drug-likeness (QED) is 0.795. The van der Waals surface area contributed by atoms with E-state index in [9.17, 15) is 9.59 Å². The van der Waals surface area contributed by atoms with Gasteiger partial charge < -0.3 is 9.64 Å². The van der Waals surface area contributed by atoms with Gasteiger partial charge in [0.15, 0.2) is 0 Å². The molecule has 0 radical (unpaired) electrons. The first kappa shape index (κ1) is 15.0. The summed E-state index contributed by atoms with van der Waals surface area (Å²) in [4.78, 5) is 24.8. The van der Waals surface area contributed by atoms with Crippen molar-refractivity contribution in [3.05, 3.63) is 33.3 Å². The summed E-state index contributed by atoms with van der Waals surface area (Å²) in [5.41, 5.74) is 0.358. The molecule has 98 valence electrons. The standard InChI is InChI=1S/C12H13BrClNO3/c1-3-15(7-11(16)18-2)12(17)9-6-8(13)4-5-10(9)14/h4-6H,3,7H2,1-2H3. The Kier molecular flexibility index (Phi) is 5.62. The van der Waals surface area contributed by atoms with E-state index in [1.165, 1.54) is 12.0 Å². The van der Waals surface area contributed by atoms with Crippen LogP contribution in [0.1, 0.15) is 17.3 Å². The number of halogens is 2. The molecule has 0 saturated carbocycles. The molecule has 0 aliphatic carbocycles. The van der Waals surface area contributed by atoms with Crippen molar-refractivity contribution < 1.29 is 14.3 Å². The van der Waals surface area contributed by atoms with Gasteiger partial charge in [0.05, 0.1) is 17.7 Å². The Hall–Kier alpha value is -1.07. The van der Waals surface area contributed by atoms with Gasteiger partial charge in [-0.15, -0.1) is 0 Å². The molecule has 0 aromatic heterocycles. The highest BCUT2D eigenvalue weighted by Crippen LogP contribution is 2.22. The summed E-state index contributed by atoms with van der Waals surface area (Å²) in [5, 5.41) is 0.353. The molecule has 1 aromatic rings. The molecule has 1 aromatic carbocycles. The summed E-state index contributed by atoms with van der Waals surface area (Å²) in [6, 6.07) is 5.01. The monoisotopic (exact) mass is 333 g/mol. The molecule has 0 heterocycles. The van der Waals surface area contributed by atoms with Crippen LogP contribution in [-0.4, -0.2) is 37.0 Å². The minimum Gasteiger partial charge on any atom is -0.468 e. The third kappa shape index (κ3) is 3.71. The van der Waals surface area contributed by atoms with Crippen LogP contribution in [0.2, 0.25) is 5.02 Å². The van der Waals surface area contributed by atoms with Crippen LogP contribution in [0.25, 0.3) is 0 Å². The number of hydrogen-bond donors (Lipinski definition) is 0. The van der Waals surface area contributed by atoms with Crippen molar-refractivity contribution in [1.82, 2.24) is 4.90 Å². The second kappa shape index (κ2) is 6.75. The van der Waals surface area contributed by atoms with E-state index in [2.05, 4.69) is 20.7 Å². The number of carbonyl (C=O) groups excluding carboxylic acids is 2. The van der Waals surface area contributed by atoms with Gasteiger partial charge in [0.2, 0.25) is 0 Å². The van der Waals surface area contributed by atoms with E-state index < -0.39 is 5.97 Å². The van der Waals surface area contributed by atoms with Crippen molar-refractivity contribution in [2.24, 2.45) is 0 Å². The molecular weight excluding hydrogens is 321 g/mol. The highest BCUT2D eigenvalue weighted by atomic mass is 79.9. The van der Waals surface area contributed by atoms with Crippen molar-refractivity contribution in [3.63, 3.8) is 0 Å². The number of likely N-dealkylation sites (N-methyl/N-ethyl adjacent to an activating group) is 1. The Morgan fingerprint density at radius 1 is 1.44 bits per heavy atom. The van der Waals surface area contributed by atoms with Crippen molar-refractivity contribution in [2.75, 3.05) is 20.2 Å². The number of benzene rings is 1. The minimum absolute atomic E-state index is 0.0886. The van der Waals surface area contributed by atoms with E-state index in [0.29, 0.717) is 17.1 Å². The number of amides is 1. The normalized spacial score (nSPS) is 10.0. The predicted molar refractivity (Wildman–Crippen MR) is 72.7 cm³/mol. The molecule has 1 amide bonds. The maximum absolute atomic E-state index is 12.2. The summed E-state index contributed by atoms with van der Waals surface area (Å²) >= 11 is 9.26. The third-order valence-electron chi connectivity index (χ3n) is 2.38. The van der Waals surface area contributed by atoms with Gasteiger partial charge in [-0.05, 0) is 25.1 Å². The molecule has 0 unspecified atom stereocenters. The zero-order chi connectivity index (χ0) is 13.7. The molecule has 4 nitrogen and oxygen atoms in total. The number of esters is 1. The van der Waals surface area contributed by atoms with Crippen molar-refractivity contribution in [1.29, 1.82) is 0 Å². The Labute approximate surface area is 119 Å². The van der Waals surface area contributed by atoms with Crippen LogP contribution < -0.4 is 0 Å². The number of hydrogen-bond acceptors (Lipinski definition) is 3. The summed E-state index contributed by atoms with van der Waals surface area (Å²) in [6.07, 6.45) is 0. The molecule has 0 N–H and O–H groups in total. The number of ether oxygens (including phenoxy) is 1. The van der Waals surface area contributed by atoms with Crippen LogP contribution in [0, 0.1) is 0 Å². The first-order valence-electron chi connectivity index (χ1n) is 5.30. The van der Waals surface area contributed by atoms with Crippen molar-refractivity contribution in [2.45, 2.75) is 6.92 Å². The van der Waals surface area contributed by atoms with E-state index in [1.54, 1.807) is 25.1 Å². The molecule has 6 heteroatoms. The molecule has 0 aliphatic rings.